The molecule has 2 aliphatic rings. The molecule has 3 heteroatoms. The van der Waals surface area contributed by atoms with E-state index in [0.717, 1.165) is 12.1 Å². The molecule has 2 unspecified atom stereocenters. The van der Waals surface area contributed by atoms with Gasteiger partial charge in [0.1, 0.15) is 0 Å². The van der Waals surface area contributed by atoms with Gasteiger partial charge in [-0.05, 0) is 40.4 Å². The Balaban J connectivity index is 1.84. The predicted molar refractivity (Wildman–Crippen MR) is 64.2 cm³/mol. The molecule has 3 nitrogen and oxygen atoms in total. The number of hydrogen-bond acceptors (Lipinski definition) is 3. The molecule has 0 radical (unpaired) electrons. The summed E-state index contributed by atoms with van der Waals surface area (Å²) < 4.78 is 0. The SMILES string of the molecule is CC1CC(N2CCN(C)CC2)CCN1C. The first-order valence-corrected chi connectivity index (χ1v) is 6.29. The summed E-state index contributed by atoms with van der Waals surface area (Å²) in [4.78, 5) is 7.64. The number of hydrogen-bond donors (Lipinski definition) is 0. The fraction of sp³-hybridized carbons (Fsp3) is 1.00. The summed E-state index contributed by atoms with van der Waals surface area (Å²) >= 11 is 0. The highest BCUT2D eigenvalue weighted by Gasteiger charge is 2.28. The number of nitrogens with zero attached hydrogens (tertiary/aromatic N) is 3. The molecule has 2 fully saturated rings. The Morgan fingerprint density at radius 3 is 2.20 bits per heavy atom. The van der Waals surface area contributed by atoms with Crippen molar-refractivity contribution >= 4 is 0 Å². The van der Waals surface area contributed by atoms with E-state index < -0.39 is 0 Å². The van der Waals surface area contributed by atoms with E-state index in [9.17, 15) is 0 Å². The van der Waals surface area contributed by atoms with Crippen molar-refractivity contribution < 1.29 is 0 Å². The number of piperidine rings is 1. The zero-order valence-corrected chi connectivity index (χ0v) is 10.4. The van der Waals surface area contributed by atoms with E-state index in [1.54, 1.807) is 0 Å². The minimum absolute atomic E-state index is 0.767. The summed E-state index contributed by atoms with van der Waals surface area (Å²) in [5.74, 6) is 0. The molecule has 2 saturated heterocycles. The van der Waals surface area contributed by atoms with Crippen molar-refractivity contribution in [2.75, 3.05) is 46.8 Å². The summed E-state index contributed by atoms with van der Waals surface area (Å²) in [5.41, 5.74) is 0. The predicted octanol–water partition coefficient (Wildman–Crippen LogP) is 0.717. The lowest BCUT2D eigenvalue weighted by atomic mass is 9.97. The smallest absolute Gasteiger partial charge is 0.0123 e. The van der Waals surface area contributed by atoms with Gasteiger partial charge in [0.05, 0.1) is 0 Å². The Kier molecular flexibility index (Phi) is 3.65. The largest absolute Gasteiger partial charge is 0.304 e. The van der Waals surface area contributed by atoms with Gasteiger partial charge in [0, 0.05) is 38.3 Å². The molecule has 0 spiro atoms. The van der Waals surface area contributed by atoms with E-state index >= 15 is 0 Å². The van der Waals surface area contributed by atoms with Crippen LogP contribution < -0.4 is 0 Å². The Hall–Kier alpha value is -0.120. The summed E-state index contributed by atoms with van der Waals surface area (Å²) in [6, 6.07) is 1.62. The lowest BCUT2D eigenvalue weighted by Gasteiger charge is -2.43. The summed E-state index contributed by atoms with van der Waals surface area (Å²) in [6.07, 6.45) is 2.73. The van der Waals surface area contributed by atoms with Crippen LogP contribution in [0.15, 0.2) is 0 Å². The van der Waals surface area contributed by atoms with E-state index in [1.807, 2.05) is 0 Å². The Morgan fingerprint density at radius 2 is 1.60 bits per heavy atom. The molecule has 88 valence electrons. The van der Waals surface area contributed by atoms with Crippen LogP contribution >= 0.6 is 0 Å². The van der Waals surface area contributed by atoms with Crippen LogP contribution in [0.5, 0.6) is 0 Å². The zero-order valence-electron chi connectivity index (χ0n) is 10.4. The Bertz CT molecular complexity index is 199. The molecule has 0 aromatic heterocycles. The topological polar surface area (TPSA) is 9.72 Å². The molecule has 0 bridgehead atoms. The van der Waals surface area contributed by atoms with Crippen molar-refractivity contribution in [1.82, 2.24) is 14.7 Å². The third-order valence-electron chi connectivity index (χ3n) is 4.23. The first-order valence-electron chi connectivity index (χ1n) is 6.29. The quantitative estimate of drug-likeness (QED) is 0.633. The van der Waals surface area contributed by atoms with Crippen LogP contribution in [0, 0.1) is 0 Å². The van der Waals surface area contributed by atoms with Gasteiger partial charge in [0.2, 0.25) is 0 Å². The maximum Gasteiger partial charge on any atom is 0.0123 e. The average molecular weight is 211 g/mol. The number of likely N-dealkylation sites (tertiary alicyclic amines) is 1. The van der Waals surface area contributed by atoms with Gasteiger partial charge in [0.15, 0.2) is 0 Å². The summed E-state index contributed by atoms with van der Waals surface area (Å²) in [5, 5.41) is 0. The zero-order chi connectivity index (χ0) is 10.8. The standard InChI is InChI=1S/C12H25N3/c1-11-10-12(4-5-14(11)3)15-8-6-13(2)7-9-15/h11-12H,4-10H2,1-3H3. The highest BCUT2D eigenvalue weighted by Crippen LogP contribution is 2.21. The molecule has 0 N–H and O–H groups in total. The molecule has 2 aliphatic heterocycles. The van der Waals surface area contributed by atoms with Gasteiger partial charge in [-0.2, -0.15) is 0 Å². The third-order valence-corrected chi connectivity index (χ3v) is 4.23. The van der Waals surface area contributed by atoms with E-state index in [1.165, 1.54) is 45.6 Å². The maximum atomic E-state index is 2.71. The second-order valence-corrected chi connectivity index (χ2v) is 5.35. The molecular weight excluding hydrogens is 186 g/mol. The van der Waals surface area contributed by atoms with E-state index in [4.69, 9.17) is 0 Å². The first-order chi connectivity index (χ1) is 7.16. The van der Waals surface area contributed by atoms with Gasteiger partial charge in [0.25, 0.3) is 0 Å². The summed E-state index contributed by atoms with van der Waals surface area (Å²) in [6.45, 7) is 8.69. The van der Waals surface area contributed by atoms with Gasteiger partial charge in [-0.1, -0.05) is 0 Å². The third kappa shape index (κ3) is 2.71. The van der Waals surface area contributed by atoms with Crippen LogP contribution in [0.2, 0.25) is 0 Å². The molecule has 15 heavy (non-hydrogen) atoms. The van der Waals surface area contributed by atoms with Crippen LogP contribution in [0.25, 0.3) is 0 Å². The number of rotatable bonds is 1. The van der Waals surface area contributed by atoms with Crippen molar-refractivity contribution in [2.45, 2.75) is 31.8 Å². The van der Waals surface area contributed by atoms with Crippen LogP contribution in [-0.2, 0) is 0 Å². The highest BCUT2D eigenvalue weighted by molar-refractivity contribution is 4.85. The van der Waals surface area contributed by atoms with E-state index in [0.29, 0.717) is 0 Å². The van der Waals surface area contributed by atoms with Crippen molar-refractivity contribution in [3.8, 4) is 0 Å². The minimum Gasteiger partial charge on any atom is -0.304 e. The van der Waals surface area contributed by atoms with Gasteiger partial charge in [-0.25, -0.2) is 0 Å². The molecule has 2 rings (SSSR count). The van der Waals surface area contributed by atoms with Crippen LogP contribution in [-0.4, -0.2) is 73.6 Å². The molecule has 0 aromatic rings. The van der Waals surface area contributed by atoms with Crippen molar-refractivity contribution in [2.24, 2.45) is 0 Å². The van der Waals surface area contributed by atoms with Crippen molar-refractivity contribution in [3.05, 3.63) is 0 Å². The molecule has 2 heterocycles. The molecule has 0 amide bonds. The average Bonchev–Trinajstić information content (AvgIpc) is 2.23. The molecule has 0 aliphatic carbocycles. The molecular formula is C12H25N3. The van der Waals surface area contributed by atoms with Crippen LogP contribution in [0.4, 0.5) is 0 Å². The molecule has 2 atom stereocenters. The van der Waals surface area contributed by atoms with Crippen molar-refractivity contribution in [1.29, 1.82) is 0 Å². The van der Waals surface area contributed by atoms with Gasteiger partial charge in [-0.15, -0.1) is 0 Å². The summed E-state index contributed by atoms with van der Waals surface area (Å²) in [7, 11) is 4.49. The fourth-order valence-corrected chi connectivity index (χ4v) is 2.78. The van der Waals surface area contributed by atoms with Gasteiger partial charge in [-0.3, -0.25) is 4.90 Å². The van der Waals surface area contributed by atoms with Crippen LogP contribution in [0.3, 0.4) is 0 Å². The first kappa shape index (κ1) is 11.4. The van der Waals surface area contributed by atoms with E-state index in [-0.39, 0.29) is 0 Å². The van der Waals surface area contributed by atoms with Gasteiger partial charge >= 0.3 is 0 Å². The number of likely N-dealkylation sites (N-methyl/N-ethyl adjacent to an activating group) is 1. The van der Waals surface area contributed by atoms with E-state index in [2.05, 4.69) is 35.7 Å². The Labute approximate surface area is 94.0 Å². The number of piperazine rings is 1. The minimum atomic E-state index is 0.767. The van der Waals surface area contributed by atoms with Crippen molar-refractivity contribution in [3.63, 3.8) is 0 Å². The van der Waals surface area contributed by atoms with Crippen LogP contribution in [0.1, 0.15) is 19.8 Å². The maximum absolute atomic E-state index is 2.71. The van der Waals surface area contributed by atoms with Gasteiger partial charge < -0.3 is 9.80 Å². The Morgan fingerprint density at radius 1 is 0.933 bits per heavy atom. The molecule has 0 aromatic carbocycles. The lowest BCUT2D eigenvalue weighted by molar-refractivity contribution is 0.0546. The second-order valence-electron chi connectivity index (χ2n) is 5.35. The second kappa shape index (κ2) is 4.81. The monoisotopic (exact) mass is 211 g/mol. The lowest BCUT2D eigenvalue weighted by Crippen LogP contribution is -2.53. The highest BCUT2D eigenvalue weighted by atomic mass is 15.3. The normalized spacial score (nSPS) is 37.0. The fourth-order valence-electron chi connectivity index (χ4n) is 2.78. The molecule has 0 saturated carbocycles.